The third kappa shape index (κ3) is 2.52. The average molecular weight is 297 g/mol. The summed E-state index contributed by atoms with van der Waals surface area (Å²) in [5.74, 6) is 5.96. The molecule has 1 aromatic heterocycles. The Balaban J connectivity index is 1.68. The number of amides is 2. The van der Waals surface area contributed by atoms with E-state index in [0.717, 1.165) is 25.3 Å². The molecule has 2 aliphatic rings. The van der Waals surface area contributed by atoms with E-state index in [2.05, 4.69) is 20.6 Å². The lowest BCUT2D eigenvalue weighted by molar-refractivity contribution is 0.116. The number of pyridine rings is 1. The van der Waals surface area contributed by atoms with Crippen molar-refractivity contribution in [3.63, 3.8) is 0 Å². The largest absolute Gasteiger partial charge is 0.336 e. The van der Waals surface area contributed by atoms with Gasteiger partial charge >= 0.3 is 6.03 Å². The van der Waals surface area contributed by atoms with E-state index in [9.17, 15) is 4.79 Å². The van der Waals surface area contributed by atoms with Crippen LogP contribution in [0.15, 0.2) is 12.1 Å². The monoisotopic (exact) mass is 296 g/mol. The summed E-state index contributed by atoms with van der Waals surface area (Å²) in [7, 11) is 0. The van der Waals surface area contributed by atoms with Crippen molar-refractivity contribution in [2.45, 2.75) is 12.6 Å². The molecular weight excluding hydrogens is 280 g/mol. The predicted molar refractivity (Wildman–Crippen MR) is 76.2 cm³/mol. The molecule has 0 spiro atoms. The van der Waals surface area contributed by atoms with Crippen LogP contribution in [-0.2, 0) is 6.54 Å². The molecular formula is C12H17ClN6O. The van der Waals surface area contributed by atoms with Gasteiger partial charge in [0.2, 0.25) is 0 Å². The molecule has 2 fully saturated rings. The fourth-order valence-electron chi connectivity index (χ4n) is 2.70. The highest BCUT2D eigenvalue weighted by atomic mass is 35.5. The molecule has 0 saturated carbocycles. The third-order valence-corrected chi connectivity index (χ3v) is 4.10. The van der Waals surface area contributed by atoms with E-state index in [1.807, 2.05) is 4.90 Å². The van der Waals surface area contributed by atoms with Gasteiger partial charge in [0.15, 0.2) is 0 Å². The number of hydrogen-bond acceptors (Lipinski definition) is 5. The molecule has 1 unspecified atom stereocenters. The maximum atomic E-state index is 11.6. The van der Waals surface area contributed by atoms with Crippen LogP contribution in [0.1, 0.15) is 5.69 Å². The van der Waals surface area contributed by atoms with E-state index in [0.29, 0.717) is 23.9 Å². The number of hydrazine groups is 1. The molecule has 2 amide bonds. The Labute approximate surface area is 122 Å². The summed E-state index contributed by atoms with van der Waals surface area (Å²) >= 11 is 6.17. The number of aromatic nitrogens is 1. The average Bonchev–Trinajstić information content (AvgIpc) is 2.82. The Hall–Kier alpha value is -1.57. The summed E-state index contributed by atoms with van der Waals surface area (Å²) in [6.45, 7) is 3.76. The molecule has 0 aromatic carbocycles. The maximum absolute atomic E-state index is 11.6. The standard InChI is InChI=1S/C12H17ClN6O/c13-9-1-2-11(17-14)16-10(9)7-18-3-4-19-8(6-18)5-15-12(19)20/h1-2,8H,3-7,14H2,(H,15,20)(H,16,17). The molecule has 1 atom stereocenters. The number of halogens is 1. The highest BCUT2D eigenvalue weighted by Crippen LogP contribution is 2.21. The van der Waals surface area contributed by atoms with Gasteiger partial charge in [0.25, 0.3) is 0 Å². The fourth-order valence-corrected chi connectivity index (χ4v) is 2.86. The van der Waals surface area contributed by atoms with Crippen LogP contribution in [0.25, 0.3) is 0 Å². The molecule has 0 radical (unpaired) electrons. The van der Waals surface area contributed by atoms with Crippen molar-refractivity contribution < 1.29 is 4.79 Å². The molecule has 8 heteroatoms. The second-order valence-corrected chi connectivity index (χ2v) is 5.44. The fraction of sp³-hybridized carbons (Fsp3) is 0.500. The van der Waals surface area contributed by atoms with Crippen molar-refractivity contribution in [3.8, 4) is 0 Å². The minimum atomic E-state index is 0.0418. The predicted octanol–water partition coefficient (Wildman–Crippen LogP) is 0.230. The smallest absolute Gasteiger partial charge is 0.317 e. The van der Waals surface area contributed by atoms with Crippen molar-refractivity contribution in [2.24, 2.45) is 5.84 Å². The van der Waals surface area contributed by atoms with E-state index in [1.54, 1.807) is 12.1 Å². The van der Waals surface area contributed by atoms with Gasteiger partial charge in [-0.15, -0.1) is 0 Å². The molecule has 3 heterocycles. The zero-order valence-electron chi connectivity index (χ0n) is 11.0. The Morgan fingerprint density at radius 1 is 1.50 bits per heavy atom. The van der Waals surface area contributed by atoms with E-state index in [4.69, 9.17) is 17.4 Å². The summed E-state index contributed by atoms with van der Waals surface area (Å²) in [6, 6.07) is 3.81. The van der Waals surface area contributed by atoms with Crippen LogP contribution in [0.3, 0.4) is 0 Å². The molecule has 2 saturated heterocycles. The first-order valence-corrected chi connectivity index (χ1v) is 6.94. The number of carbonyl (C=O) groups is 1. The molecule has 108 valence electrons. The van der Waals surface area contributed by atoms with Gasteiger partial charge in [-0.1, -0.05) is 11.6 Å². The summed E-state index contributed by atoms with van der Waals surface area (Å²) in [5, 5.41) is 3.50. The topological polar surface area (TPSA) is 86.5 Å². The molecule has 2 aliphatic heterocycles. The van der Waals surface area contributed by atoms with Crippen LogP contribution in [-0.4, -0.2) is 53.0 Å². The van der Waals surface area contributed by atoms with Crippen LogP contribution in [0.2, 0.25) is 5.02 Å². The van der Waals surface area contributed by atoms with Crippen molar-refractivity contribution in [1.29, 1.82) is 0 Å². The number of hydrogen-bond donors (Lipinski definition) is 3. The summed E-state index contributed by atoms with van der Waals surface area (Å²) < 4.78 is 0. The van der Waals surface area contributed by atoms with Gasteiger partial charge in [0.05, 0.1) is 16.8 Å². The van der Waals surface area contributed by atoms with Crippen LogP contribution >= 0.6 is 11.6 Å². The van der Waals surface area contributed by atoms with Crippen LogP contribution < -0.4 is 16.6 Å². The van der Waals surface area contributed by atoms with Crippen LogP contribution in [0.5, 0.6) is 0 Å². The number of nitrogens with two attached hydrogens (primary N) is 1. The van der Waals surface area contributed by atoms with Crippen molar-refractivity contribution in [3.05, 3.63) is 22.8 Å². The van der Waals surface area contributed by atoms with E-state index in [1.165, 1.54) is 0 Å². The third-order valence-electron chi connectivity index (χ3n) is 3.76. The molecule has 0 aliphatic carbocycles. The first kappa shape index (κ1) is 13.4. The number of nitrogens with zero attached hydrogens (tertiary/aromatic N) is 3. The van der Waals surface area contributed by atoms with Crippen molar-refractivity contribution in [2.75, 3.05) is 31.6 Å². The number of nitrogen functional groups attached to an aromatic ring is 1. The number of carbonyl (C=O) groups excluding carboxylic acids is 1. The van der Waals surface area contributed by atoms with Gasteiger partial charge < -0.3 is 15.6 Å². The zero-order valence-corrected chi connectivity index (χ0v) is 11.7. The van der Waals surface area contributed by atoms with Gasteiger partial charge in [-0.3, -0.25) is 4.90 Å². The van der Waals surface area contributed by atoms with Gasteiger partial charge in [-0.2, -0.15) is 0 Å². The van der Waals surface area contributed by atoms with Crippen LogP contribution in [0.4, 0.5) is 10.6 Å². The lowest BCUT2D eigenvalue weighted by Crippen LogP contribution is -2.51. The number of anilines is 1. The van der Waals surface area contributed by atoms with E-state index < -0.39 is 0 Å². The van der Waals surface area contributed by atoms with Crippen molar-refractivity contribution >= 4 is 23.4 Å². The zero-order chi connectivity index (χ0) is 14.1. The highest BCUT2D eigenvalue weighted by molar-refractivity contribution is 6.31. The molecule has 1 aromatic rings. The van der Waals surface area contributed by atoms with Crippen molar-refractivity contribution in [1.82, 2.24) is 20.1 Å². The summed E-state index contributed by atoms with van der Waals surface area (Å²) in [5.41, 5.74) is 3.32. The summed E-state index contributed by atoms with van der Waals surface area (Å²) in [4.78, 5) is 20.1. The second-order valence-electron chi connectivity index (χ2n) is 5.04. The first-order valence-electron chi connectivity index (χ1n) is 6.56. The number of piperazine rings is 1. The number of fused-ring (bicyclic) bond motifs is 1. The maximum Gasteiger partial charge on any atom is 0.317 e. The van der Waals surface area contributed by atoms with E-state index in [-0.39, 0.29) is 12.1 Å². The highest BCUT2D eigenvalue weighted by Gasteiger charge is 2.35. The summed E-state index contributed by atoms with van der Waals surface area (Å²) in [6.07, 6.45) is 0. The molecule has 7 nitrogen and oxygen atoms in total. The number of urea groups is 1. The lowest BCUT2D eigenvalue weighted by Gasteiger charge is -2.36. The molecule has 20 heavy (non-hydrogen) atoms. The number of rotatable bonds is 3. The minimum Gasteiger partial charge on any atom is -0.336 e. The Morgan fingerprint density at radius 2 is 2.35 bits per heavy atom. The van der Waals surface area contributed by atoms with Gasteiger partial charge in [0.1, 0.15) is 5.82 Å². The Morgan fingerprint density at radius 3 is 3.15 bits per heavy atom. The first-order chi connectivity index (χ1) is 9.67. The Bertz CT molecular complexity index is 525. The molecule has 4 N–H and O–H groups in total. The lowest BCUT2D eigenvalue weighted by atomic mass is 10.2. The second kappa shape index (κ2) is 5.43. The van der Waals surface area contributed by atoms with Gasteiger partial charge in [-0.05, 0) is 12.1 Å². The SMILES string of the molecule is NNc1ccc(Cl)c(CN2CCN3C(=O)NCC3C2)n1. The molecule has 3 rings (SSSR count). The van der Waals surface area contributed by atoms with E-state index >= 15 is 0 Å². The van der Waals surface area contributed by atoms with Crippen LogP contribution in [0, 0.1) is 0 Å². The molecule has 0 bridgehead atoms. The van der Waals surface area contributed by atoms with Gasteiger partial charge in [0, 0.05) is 32.7 Å². The number of nitrogens with one attached hydrogen (secondary N) is 2. The normalized spacial score (nSPS) is 22.6. The minimum absolute atomic E-state index is 0.0418. The Kier molecular flexibility index (Phi) is 3.64. The quantitative estimate of drug-likeness (QED) is 0.549. The van der Waals surface area contributed by atoms with Gasteiger partial charge in [-0.25, -0.2) is 15.6 Å².